The topological polar surface area (TPSA) is 122 Å². The van der Waals surface area contributed by atoms with Gasteiger partial charge in [0, 0.05) is 36.0 Å². The van der Waals surface area contributed by atoms with Crippen LogP contribution < -0.4 is 20.6 Å². The molecule has 1 N–H and O–H groups in total. The summed E-state index contributed by atoms with van der Waals surface area (Å²) in [7, 11) is 1.52. The van der Waals surface area contributed by atoms with Gasteiger partial charge in [0.2, 0.25) is 0 Å². The first-order chi connectivity index (χ1) is 19.0. The molecule has 0 radical (unpaired) electrons. The molecule has 1 fully saturated rings. The Hall–Kier alpha value is -4.10. The van der Waals surface area contributed by atoms with E-state index in [-0.39, 0.29) is 17.7 Å². The van der Waals surface area contributed by atoms with Crippen molar-refractivity contribution in [3.8, 4) is 11.8 Å². The number of unbranched alkanes of at least 4 members (excludes halogenated alkanes) is 2. The lowest BCUT2D eigenvalue weighted by molar-refractivity contribution is -0.138. The number of piperidine rings is 1. The summed E-state index contributed by atoms with van der Waals surface area (Å²) in [6.45, 7) is 2.60. The highest BCUT2D eigenvalue weighted by Crippen LogP contribution is 2.30. The largest absolute Gasteiger partial charge is 0.497 e. The van der Waals surface area contributed by atoms with Crippen LogP contribution in [0.25, 0.3) is 17.0 Å². The molecule has 0 aliphatic carbocycles. The molecule has 9 nitrogen and oxygen atoms in total. The van der Waals surface area contributed by atoms with Gasteiger partial charge in [0.15, 0.2) is 0 Å². The Labute approximate surface area is 230 Å². The molecule has 4 rings (SSSR count). The van der Waals surface area contributed by atoms with Gasteiger partial charge in [-0.2, -0.15) is 5.26 Å². The summed E-state index contributed by atoms with van der Waals surface area (Å²) < 4.78 is 15.7. The predicted molar refractivity (Wildman–Crippen MR) is 150 cm³/mol. The van der Waals surface area contributed by atoms with Crippen LogP contribution in [0.4, 0.5) is 5.00 Å². The highest BCUT2D eigenvalue weighted by molar-refractivity contribution is 7.17. The van der Waals surface area contributed by atoms with Gasteiger partial charge in [-0.1, -0.05) is 0 Å². The molecule has 1 aliphatic heterocycles. The second-order valence-corrected chi connectivity index (χ2v) is 10.3. The van der Waals surface area contributed by atoms with Crippen molar-refractivity contribution in [3.05, 3.63) is 62.8 Å². The summed E-state index contributed by atoms with van der Waals surface area (Å²) in [5.74, 6) is -0.592. The van der Waals surface area contributed by atoms with Crippen LogP contribution in [-0.2, 0) is 9.53 Å². The molecule has 0 spiro atoms. The minimum absolute atomic E-state index is 0.0260. The van der Waals surface area contributed by atoms with Gasteiger partial charge in [0.1, 0.15) is 28.5 Å². The molecular weight excluding hydrogens is 518 g/mol. The third-order valence-corrected chi connectivity index (χ3v) is 7.53. The number of amides is 1. The summed E-state index contributed by atoms with van der Waals surface area (Å²) in [5.41, 5.74) is -0.461. The van der Waals surface area contributed by atoms with Gasteiger partial charge >= 0.3 is 11.6 Å². The number of nitrogens with zero attached hydrogens (tertiary/aromatic N) is 2. The van der Waals surface area contributed by atoms with Crippen LogP contribution in [-0.4, -0.2) is 45.2 Å². The van der Waals surface area contributed by atoms with Gasteiger partial charge in [-0.25, -0.2) is 9.59 Å². The van der Waals surface area contributed by atoms with Crippen LogP contribution in [0.5, 0.6) is 5.75 Å². The number of anilines is 1. The average Bonchev–Trinajstić information content (AvgIpc) is 3.43. The van der Waals surface area contributed by atoms with Gasteiger partial charge in [-0.3, -0.25) is 4.79 Å². The Morgan fingerprint density at radius 1 is 1.13 bits per heavy atom. The monoisotopic (exact) mass is 549 g/mol. The summed E-state index contributed by atoms with van der Waals surface area (Å²) >= 11 is 1.57. The van der Waals surface area contributed by atoms with E-state index < -0.39 is 17.5 Å². The van der Waals surface area contributed by atoms with Crippen LogP contribution in [0.3, 0.4) is 0 Å². The third-order valence-electron chi connectivity index (χ3n) is 6.43. The summed E-state index contributed by atoms with van der Waals surface area (Å²) in [5, 5.41) is 13.9. The Kier molecular flexibility index (Phi) is 9.75. The van der Waals surface area contributed by atoms with E-state index in [0.717, 1.165) is 23.0 Å². The van der Waals surface area contributed by atoms with Crippen molar-refractivity contribution < 1.29 is 23.5 Å². The lowest BCUT2D eigenvalue weighted by Gasteiger charge is -2.27. The molecule has 3 aromatic rings. The summed E-state index contributed by atoms with van der Waals surface area (Å²) in [4.78, 5) is 40.2. The molecule has 39 heavy (non-hydrogen) atoms. The molecule has 0 bridgehead atoms. The maximum Gasteiger partial charge on any atom is 0.349 e. The van der Waals surface area contributed by atoms with Crippen LogP contribution in [0.1, 0.15) is 53.8 Å². The van der Waals surface area contributed by atoms with E-state index in [9.17, 15) is 19.6 Å². The molecule has 1 aromatic carbocycles. The first kappa shape index (κ1) is 27.9. The van der Waals surface area contributed by atoms with E-state index in [0.29, 0.717) is 42.5 Å². The Bertz CT molecular complexity index is 1450. The lowest BCUT2D eigenvalue weighted by Crippen LogP contribution is -2.29. The Balaban J connectivity index is 1.17. The molecule has 1 saturated heterocycles. The van der Waals surface area contributed by atoms with Crippen molar-refractivity contribution in [2.24, 2.45) is 0 Å². The molecule has 1 aliphatic rings. The number of benzene rings is 1. The number of fused-ring (bicyclic) bond motifs is 1. The van der Waals surface area contributed by atoms with Crippen molar-refractivity contribution in [1.82, 2.24) is 5.32 Å². The smallest absolute Gasteiger partial charge is 0.349 e. The minimum Gasteiger partial charge on any atom is -0.497 e. The SMILES string of the molecule is COc1ccc2cc(C(=O)NCCCCCOC(=O)/C(C#N)=C/c3ccc(N4CCCCC4)s3)c(=O)oc2c1. The van der Waals surface area contributed by atoms with E-state index in [2.05, 4.69) is 10.2 Å². The molecular formula is C29H31N3O6S. The molecule has 10 heteroatoms. The van der Waals surface area contributed by atoms with Crippen molar-refractivity contribution in [3.63, 3.8) is 0 Å². The molecule has 0 unspecified atom stereocenters. The third kappa shape index (κ3) is 7.48. The number of esters is 1. The first-order valence-electron chi connectivity index (χ1n) is 13.0. The predicted octanol–water partition coefficient (Wildman–Crippen LogP) is 4.90. The van der Waals surface area contributed by atoms with Crippen LogP contribution in [0.15, 0.2) is 51.2 Å². The van der Waals surface area contributed by atoms with Crippen LogP contribution in [0, 0.1) is 11.3 Å². The van der Waals surface area contributed by atoms with Crippen molar-refractivity contribution in [2.45, 2.75) is 38.5 Å². The van der Waals surface area contributed by atoms with Gasteiger partial charge in [0.25, 0.3) is 5.91 Å². The average molecular weight is 550 g/mol. The van der Waals surface area contributed by atoms with Crippen molar-refractivity contribution in [2.75, 3.05) is 38.3 Å². The number of nitriles is 1. The standard InChI is InChI=1S/C29H31N3O6S/c1-36-22-9-8-20-17-24(29(35)38-25(20)18-22)27(33)31-12-4-2-7-15-37-28(34)21(19-30)16-23-10-11-26(39-23)32-13-5-3-6-14-32/h8-11,16-18H,2-7,12-15H2,1H3,(H,31,33)/b21-16+. The van der Waals surface area contributed by atoms with E-state index >= 15 is 0 Å². The zero-order chi connectivity index (χ0) is 27.6. The van der Waals surface area contributed by atoms with E-state index in [1.165, 1.54) is 32.4 Å². The molecule has 1 amide bonds. The maximum atomic E-state index is 12.5. The number of rotatable bonds is 11. The van der Waals surface area contributed by atoms with Gasteiger partial charge in [-0.05, 0) is 74.9 Å². The number of hydrogen-bond donors (Lipinski definition) is 1. The van der Waals surface area contributed by atoms with Crippen LogP contribution >= 0.6 is 11.3 Å². The number of ether oxygens (including phenoxy) is 2. The first-order valence-corrected chi connectivity index (χ1v) is 13.8. The van der Waals surface area contributed by atoms with E-state index in [4.69, 9.17) is 13.9 Å². The number of hydrogen-bond acceptors (Lipinski definition) is 9. The zero-order valence-electron chi connectivity index (χ0n) is 21.9. The van der Waals surface area contributed by atoms with Gasteiger partial charge in [-0.15, -0.1) is 11.3 Å². The Morgan fingerprint density at radius 2 is 1.95 bits per heavy atom. The summed E-state index contributed by atoms with van der Waals surface area (Å²) in [6, 6.07) is 12.4. The number of carbonyl (C=O) groups excluding carboxylic acids is 2. The summed E-state index contributed by atoms with van der Waals surface area (Å²) in [6.07, 6.45) is 7.11. The molecule has 2 aromatic heterocycles. The second-order valence-electron chi connectivity index (χ2n) is 9.20. The quantitative estimate of drug-likeness (QED) is 0.118. The second kappa shape index (κ2) is 13.6. The van der Waals surface area contributed by atoms with E-state index in [1.807, 2.05) is 18.2 Å². The fourth-order valence-corrected chi connectivity index (χ4v) is 5.31. The minimum atomic E-state index is -0.716. The zero-order valence-corrected chi connectivity index (χ0v) is 22.7. The van der Waals surface area contributed by atoms with Gasteiger partial charge < -0.3 is 24.1 Å². The van der Waals surface area contributed by atoms with Gasteiger partial charge in [0.05, 0.1) is 18.7 Å². The number of nitrogens with one attached hydrogen (secondary N) is 1. The normalized spacial score (nSPS) is 13.6. The Morgan fingerprint density at radius 3 is 2.72 bits per heavy atom. The van der Waals surface area contributed by atoms with Crippen molar-refractivity contribution in [1.29, 1.82) is 5.26 Å². The highest BCUT2D eigenvalue weighted by atomic mass is 32.1. The molecule has 3 heterocycles. The number of carbonyl (C=O) groups is 2. The number of thiophene rings is 1. The van der Waals surface area contributed by atoms with Crippen LogP contribution in [0.2, 0.25) is 0 Å². The van der Waals surface area contributed by atoms with Crippen molar-refractivity contribution >= 4 is 45.3 Å². The highest BCUT2D eigenvalue weighted by Gasteiger charge is 2.16. The lowest BCUT2D eigenvalue weighted by atomic mass is 10.1. The number of methoxy groups -OCH3 is 1. The van der Waals surface area contributed by atoms with E-state index in [1.54, 1.807) is 35.6 Å². The molecule has 0 saturated carbocycles. The fraction of sp³-hybridized carbons (Fsp3) is 0.379. The molecule has 0 atom stereocenters. The maximum absolute atomic E-state index is 12.5. The molecule has 204 valence electrons. The fourth-order valence-electron chi connectivity index (χ4n) is 4.30.